The molecule has 0 fully saturated rings. The molecule has 1 aromatic carbocycles. The summed E-state index contributed by atoms with van der Waals surface area (Å²) in [5.41, 5.74) is -0.244. The number of fused-ring (bicyclic) bond motifs is 1. The molecule has 0 aliphatic carbocycles. The zero-order valence-corrected chi connectivity index (χ0v) is 11.1. The van der Waals surface area contributed by atoms with Crippen molar-refractivity contribution >= 4 is 23.3 Å². The van der Waals surface area contributed by atoms with Gasteiger partial charge in [0.25, 0.3) is 0 Å². The second kappa shape index (κ2) is 5.66. The molecular weight excluding hydrogens is 278 g/mol. The Bertz CT molecular complexity index is 764. The van der Waals surface area contributed by atoms with Crippen molar-refractivity contribution in [2.45, 2.75) is 12.8 Å². The van der Waals surface area contributed by atoms with Gasteiger partial charge in [0.15, 0.2) is 11.9 Å². The molecule has 110 valence electrons. The number of phenolic OH excluding ortho intramolecular Hbond substituents is 1. The zero-order chi connectivity index (χ0) is 15.6. The van der Waals surface area contributed by atoms with E-state index >= 15 is 0 Å². The van der Waals surface area contributed by atoms with Gasteiger partial charge in [0.05, 0.1) is 5.56 Å². The first-order valence-corrected chi connectivity index (χ1v) is 6.15. The monoisotopic (exact) mass is 291 g/mol. The van der Waals surface area contributed by atoms with Gasteiger partial charge in [-0.25, -0.2) is 9.59 Å². The van der Waals surface area contributed by atoms with Crippen LogP contribution in [-0.2, 0) is 0 Å². The van der Waals surface area contributed by atoms with Crippen LogP contribution in [0.4, 0.5) is 4.79 Å². The zero-order valence-electron chi connectivity index (χ0n) is 11.1. The van der Waals surface area contributed by atoms with E-state index in [4.69, 9.17) is 9.52 Å². The summed E-state index contributed by atoms with van der Waals surface area (Å²) in [4.78, 5) is 33.2. The second-order valence-electron chi connectivity index (χ2n) is 4.60. The Morgan fingerprint density at radius 2 is 2.19 bits per heavy atom. The number of aromatic hydroxyl groups is 1. The standard InChI is InChI=1S/C14H13NO6/c1-7(5-15-14(19)20)9-4-12(18)21-13-8(9)2-3-11(17)10(13)6-16/h2-4,6-7,15,17H,5H2,1H3,(H,19,20). The number of phenols is 1. The Morgan fingerprint density at radius 3 is 2.81 bits per heavy atom. The van der Waals surface area contributed by atoms with E-state index in [-0.39, 0.29) is 29.4 Å². The maximum Gasteiger partial charge on any atom is 0.404 e. The van der Waals surface area contributed by atoms with Gasteiger partial charge in [-0.05, 0) is 23.6 Å². The van der Waals surface area contributed by atoms with E-state index in [0.717, 1.165) is 0 Å². The molecule has 1 heterocycles. The number of nitrogens with one attached hydrogen (secondary N) is 1. The molecule has 0 spiro atoms. The Balaban J connectivity index is 2.61. The number of rotatable bonds is 4. The highest BCUT2D eigenvalue weighted by atomic mass is 16.4. The summed E-state index contributed by atoms with van der Waals surface area (Å²) in [6.07, 6.45) is -0.759. The van der Waals surface area contributed by atoms with Crippen LogP contribution in [0, 0.1) is 0 Å². The van der Waals surface area contributed by atoms with Gasteiger partial charge in [-0.15, -0.1) is 0 Å². The number of carboxylic acid groups (broad SMARTS) is 1. The fraction of sp³-hybridized carbons (Fsp3) is 0.214. The topological polar surface area (TPSA) is 117 Å². The van der Waals surface area contributed by atoms with E-state index in [1.807, 2.05) is 0 Å². The molecule has 3 N–H and O–H groups in total. The Morgan fingerprint density at radius 1 is 1.48 bits per heavy atom. The van der Waals surface area contributed by atoms with Crippen LogP contribution in [0.2, 0.25) is 0 Å². The first kappa shape index (κ1) is 14.6. The van der Waals surface area contributed by atoms with Crippen molar-refractivity contribution in [3.8, 4) is 5.75 Å². The van der Waals surface area contributed by atoms with Crippen molar-refractivity contribution < 1.29 is 24.2 Å². The minimum atomic E-state index is -1.17. The Labute approximate surface area is 118 Å². The van der Waals surface area contributed by atoms with Crippen LogP contribution in [0.25, 0.3) is 11.0 Å². The summed E-state index contributed by atoms with van der Waals surface area (Å²) >= 11 is 0. The summed E-state index contributed by atoms with van der Waals surface area (Å²) in [6.45, 7) is 1.84. The van der Waals surface area contributed by atoms with Crippen LogP contribution in [0.5, 0.6) is 5.75 Å². The normalized spacial score (nSPS) is 12.0. The van der Waals surface area contributed by atoms with Crippen LogP contribution in [0.3, 0.4) is 0 Å². The van der Waals surface area contributed by atoms with E-state index in [9.17, 15) is 19.5 Å². The molecule has 0 radical (unpaired) electrons. The third-order valence-electron chi connectivity index (χ3n) is 3.17. The van der Waals surface area contributed by atoms with Crippen molar-refractivity contribution in [1.82, 2.24) is 5.32 Å². The molecule has 1 amide bonds. The van der Waals surface area contributed by atoms with Gasteiger partial charge in [0, 0.05) is 18.0 Å². The van der Waals surface area contributed by atoms with E-state index in [0.29, 0.717) is 17.2 Å². The van der Waals surface area contributed by atoms with Gasteiger partial charge in [-0.3, -0.25) is 4.79 Å². The lowest BCUT2D eigenvalue weighted by molar-refractivity contribution is 0.112. The highest BCUT2D eigenvalue weighted by Crippen LogP contribution is 2.30. The molecule has 1 aromatic heterocycles. The van der Waals surface area contributed by atoms with Crippen LogP contribution in [0.15, 0.2) is 27.4 Å². The van der Waals surface area contributed by atoms with Crippen LogP contribution in [-0.4, -0.2) is 29.1 Å². The fourth-order valence-corrected chi connectivity index (χ4v) is 2.13. The summed E-state index contributed by atoms with van der Waals surface area (Å²) < 4.78 is 5.00. The third kappa shape index (κ3) is 2.86. The SMILES string of the molecule is CC(CNC(=O)O)c1cc(=O)oc2c(C=O)c(O)ccc12. The third-order valence-corrected chi connectivity index (χ3v) is 3.17. The van der Waals surface area contributed by atoms with Gasteiger partial charge in [-0.2, -0.15) is 0 Å². The molecular formula is C14H13NO6. The highest BCUT2D eigenvalue weighted by molar-refractivity contribution is 5.98. The smallest absolute Gasteiger partial charge is 0.404 e. The Kier molecular flexibility index (Phi) is 3.93. The first-order valence-electron chi connectivity index (χ1n) is 6.15. The number of hydrogen-bond donors (Lipinski definition) is 3. The number of carbonyl (C=O) groups excluding carboxylic acids is 1. The van der Waals surface area contributed by atoms with Crippen LogP contribution in [0.1, 0.15) is 28.8 Å². The van der Waals surface area contributed by atoms with Crippen molar-refractivity contribution in [2.24, 2.45) is 0 Å². The summed E-state index contributed by atoms with van der Waals surface area (Å²) in [6, 6.07) is 4.10. The van der Waals surface area contributed by atoms with Gasteiger partial charge in [0.1, 0.15) is 5.75 Å². The molecule has 1 atom stereocenters. The van der Waals surface area contributed by atoms with E-state index in [1.54, 1.807) is 6.92 Å². The Hall–Kier alpha value is -2.83. The van der Waals surface area contributed by atoms with E-state index in [2.05, 4.69) is 5.32 Å². The summed E-state index contributed by atoms with van der Waals surface area (Å²) in [7, 11) is 0. The average Bonchev–Trinajstić information content (AvgIpc) is 2.43. The number of hydrogen-bond acceptors (Lipinski definition) is 5. The quantitative estimate of drug-likeness (QED) is 0.583. The molecule has 7 nitrogen and oxygen atoms in total. The van der Waals surface area contributed by atoms with E-state index in [1.165, 1.54) is 18.2 Å². The van der Waals surface area contributed by atoms with Gasteiger partial charge < -0.3 is 19.9 Å². The molecule has 0 bridgehead atoms. The van der Waals surface area contributed by atoms with Crippen molar-refractivity contribution in [1.29, 1.82) is 0 Å². The predicted octanol–water partition coefficient (Wildman–Crippen LogP) is 1.68. The van der Waals surface area contributed by atoms with Crippen LogP contribution < -0.4 is 10.9 Å². The number of aldehydes is 1. The molecule has 21 heavy (non-hydrogen) atoms. The lowest BCUT2D eigenvalue weighted by atomic mass is 9.96. The minimum absolute atomic E-state index is 0.00493. The number of benzene rings is 1. The second-order valence-corrected chi connectivity index (χ2v) is 4.60. The largest absolute Gasteiger partial charge is 0.507 e. The number of amides is 1. The maximum atomic E-state index is 11.6. The molecule has 2 aromatic rings. The molecule has 0 saturated heterocycles. The molecule has 0 aliphatic rings. The fourth-order valence-electron chi connectivity index (χ4n) is 2.13. The summed E-state index contributed by atoms with van der Waals surface area (Å²) in [5, 5.41) is 21.0. The molecule has 2 rings (SSSR count). The minimum Gasteiger partial charge on any atom is -0.507 e. The maximum absolute atomic E-state index is 11.6. The number of carbonyl (C=O) groups is 2. The molecule has 7 heteroatoms. The van der Waals surface area contributed by atoms with Crippen molar-refractivity contribution in [3.63, 3.8) is 0 Å². The lowest BCUT2D eigenvalue weighted by Crippen LogP contribution is -2.26. The molecule has 0 saturated carbocycles. The van der Waals surface area contributed by atoms with Gasteiger partial charge in [-0.1, -0.05) is 6.92 Å². The predicted molar refractivity (Wildman–Crippen MR) is 74.0 cm³/mol. The molecule has 0 aliphatic heterocycles. The van der Waals surface area contributed by atoms with Crippen LogP contribution >= 0.6 is 0 Å². The van der Waals surface area contributed by atoms with Crippen molar-refractivity contribution in [3.05, 3.63) is 39.7 Å². The lowest BCUT2D eigenvalue weighted by Gasteiger charge is -2.14. The van der Waals surface area contributed by atoms with Gasteiger partial charge >= 0.3 is 11.7 Å². The first-order chi connectivity index (χ1) is 9.93. The highest BCUT2D eigenvalue weighted by Gasteiger charge is 2.17. The average molecular weight is 291 g/mol. The van der Waals surface area contributed by atoms with Crippen molar-refractivity contribution in [2.75, 3.05) is 6.54 Å². The molecule has 1 unspecified atom stereocenters. The van der Waals surface area contributed by atoms with E-state index < -0.39 is 11.7 Å². The van der Waals surface area contributed by atoms with Gasteiger partial charge in [0.2, 0.25) is 0 Å². The summed E-state index contributed by atoms with van der Waals surface area (Å²) in [5.74, 6) is -0.592.